The van der Waals surface area contributed by atoms with Crippen LogP contribution < -0.4 is 0 Å². The summed E-state index contributed by atoms with van der Waals surface area (Å²) in [6.45, 7) is 12.3. The minimum atomic E-state index is -0.303. The van der Waals surface area contributed by atoms with Crippen LogP contribution in [-0.4, -0.2) is 41.4 Å². The summed E-state index contributed by atoms with van der Waals surface area (Å²) in [4.78, 5) is 0. The van der Waals surface area contributed by atoms with Crippen LogP contribution in [-0.2, 0) is 0 Å². The summed E-state index contributed by atoms with van der Waals surface area (Å²) in [5, 5.41) is 11.7. The van der Waals surface area contributed by atoms with Gasteiger partial charge in [-0.3, -0.25) is 0 Å². The molecule has 170 valence electrons. The highest BCUT2D eigenvalue weighted by Gasteiger charge is 2.56. The van der Waals surface area contributed by atoms with Crippen LogP contribution in [0, 0.1) is 23.7 Å². The van der Waals surface area contributed by atoms with Crippen molar-refractivity contribution in [1.82, 2.24) is 0 Å². The maximum atomic E-state index is 11.7. The largest absolute Gasteiger partial charge is 0.389 e. The van der Waals surface area contributed by atoms with Crippen molar-refractivity contribution >= 4 is 0 Å². The van der Waals surface area contributed by atoms with Crippen LogP contribution in [0.4, 0.5) is 0 Å². The molecular formula is C27H52NO+. The van der Waals surface area contributed by atoms with Crippen molar-refractivity contribution in [3.63, 3.8) is 0 Å². The molecule has 0 aromatic rings. The SMILES string of the molecule is CCCCCCCCCC[N+](CC)(CC)CCCC1(O)C2CC3CC(C2)CC1C3. The minimum Gasteiger partial charge on any atom is -0.389 e. The van der Waals surface area contributed by atoms with Crippen LogP contribution in [0.25, 0.3) is 0 Å². The van der Waals surface area contributed by atoms with E-state index in [4.69, 9.17) is 0 Å². The van der Waals surface area contributed by atoms with Crippen LogP contribution >= 0.6 is 0 Å². The predicted octanol–water partition coefficient (Wildman–Crippen LogP) is 6.95. The lowest BCUT2D eigenvalue weighted by atomic mass is 9.49. The Hall–Kier alpha value is -0.0800. The highest BCUT2D eigenvalue weighted by Crippen LogP contribution is 2.59. The van der Waals surface area contributed by atoms with Crippen LogP contribution in [0.15, 0.2) is 0 Å². The second-order valence-corrected chi connectivity index (χ2v) is 11.3. The fourth-order valence-corrected chi connectivity index (χ4v) is 7.66. The third kappa shape index (κ3) is 5.79. The number of hydrogen-bond donors (Lipinski definition) is 1. The number of quaternary nitrogens is 1. The first-order valence-electron chi connectivity index (χ1n) is 13.6. The number of rotatable bonds is 15. The molecule has 0 radical (unpaired) electrons. The van der Waals surface area contributed by atoms with E-state index >= 15 is 0 Å². The number of hydrogen-bond acceptors (Lipinski definition) is 1. The first-order valence-corrected chi connectivity index (χ1v) is 13.6. The van der Waals surface area contributed by atoms with Gasteiger partial charge in [0.2, 0.25) is 0 Å². The van der Waals surface area contributed by atoms with Gasteiger partial charge in [-0.25, -0.2) is 0 Å². The summed E-state index contributed by atoms with van der Waals surface area (Å²) in [5.41, 5.74) is -0.303. The molecule has 2 heteroatoms. The third-order valence-electron chi connectivity index (χ3n) is 9.59. The van der Waals surface area contributed by atoms with Gasteiger partial charge in [-0.1, -0.05) is 45.4 Å². The lowest BCUT2D eigenvalue weighted by Gasteiger charge is -2.59. The van der Waals surface area contributed by atoms with Gasteiger partial charge in [0.25, 0.3) is 0 Å². The summed E-state index contributed by atoms with van der Waals surface area (Å²) in [5.74, 6) is 3.19. The monoisotopic (exact) mass is 406 g/mol. The molecule has 0 unspecified atom stereocenters. The average molecular weight is 407 g/mol. The molecule has 4 saturated carbocycles. The Kier molecular flexibility index (Phi) is 8.93. The van der Waals surface area contributed by atoms with Gasteiger partial charge in [0.15, 0.2) is 0 Å². The summed E-state index contributed by atoms with van der Waals surface area (Å²) in [6.07, 6.45) is 20.5. The van der Waals surface area contributed by atoms with Crippen LogP contribution in [0.5, 0.6) is 0 Å². The Morgan fingerprint density at radius 2 is 1.14 bits per heavy atom. The van der Waals surface area contributed by atoms with Crippen LogP contribution in [0.1, 0.15) is 117 Å². The molecule has 0 atom stereocenters. The first-order chi connectivity index (χ1) is 14.0. The smallest absolute Gasteiger partial charge is 0.0787 e. The molecule has 0 aliphatic heterocycles. The zero-order valence-corrected chi connectivity index (χ0v) is 20.1. The Bertz CT molecular complexity index is 441. The topological polar surface area (TPSA) is 20.2 Å². The van der Waals surface area contributed by atoms with Crippen molar-refractivity contribution in [1.29, 1.82) is 0 Å². The van der Waals surface area contributed by atoms with Crippen molar-refractivity contribution in [3.8, 4) is 0 Å². The second-order valence-electron chi connectivity index (χ2n) is 11.3. The molecule has 4 rings (SSSR count). The molecule has 1 N–H and O–H groups in total. The zero-order valence-electron chi connectivity index (χ0n) is 20.1. The van der Waals surface area contributed by atoms with E-state index in [1.165, 1.54) is 121 Å². The van der Waals surface area contributed by atoms with Crippen molar-refractivity contribution < 1.29 is 9.59 Å². The van der Waals surface area contributed by atoms with Gasteiger partial charge in [-0.05, 0) is 95.3 Å². The van der Waals surface area contributed by atoms with E-state index < -0.39 is 0 Å². The molecule has 0 spiro atoms. The maximum Gasteiger partial charge on any atom is 0.0787 e. The van der Waals surface area contributed by atoms with Gasteiger partial charge in [0.05, 0.1) is 31.8 Å². The lowest BCUT2D eigenvalue weighted by Crippen LogP contribution is -2.58. The quantitative estimate of drug-likeness (QED) is 0.230. The Morgan fingerprint density at radius 3 is 1.66 bits per heavy atom. The van der Waals surface area contributed by atoms with E-state index in [0.29, 0.717) is 11.8 Å². The number of nitrogens with zero attached hydrogens (tertiary/aromatic N) is 1. The van der Waals surface area contributed by atoms with Crippen LogP contribution in [0.2, 0.25) is 0 Å². The summed E-state index contributed by atoms with van der Waals surface area (Å²) < 4.78 is 1.28. The standard InChI is InChI=1S/C27H52NO/c1-4-7-8-9-10-11-12-13-16-28(5-2,6-3)17-14-15-27(29)25-19-23-18-24(21-25)22-26(27)20-23/h23-26,29H,4-22H2,1-3H3/q+1. The average Bonchev–Trinajstić information content (AvgIpc) is 2.72. The highest BCUT2D eigenvalue weighted by atomic mass is 16.3. The molecule has 4 aliphatic carbocycles. The molecule has 2 nitrogen and oxygen atoms in total. The van der Waals surface area contributed by atoms with E-state index in [-0.39, 0.29) is 5.60 Å². The molecule has 29 heavy (non-hydrogen) atoms. The van der Waals surface area contributed by atoms with Gasteiger partial charge in [-0.15, -0.1) is 0 Å². The molecule has 0 saturated heterocycles. The summed E-state index contributed by atoms with van der Waals surface area (Å²) >= 11 is 0. The fraction of sp³-hybridized carbons (Fsp3) is 1.00. The lowest BCUT2D eigenvalue weighted by molar-refractivity contribution is -0.925. The zero-order chi connectivity index (χ0) is 20.7. The van der Waals surface area contributed by atoms with E-state index in [0.717, 1.165) is 18.3 Å². The molecule has 0 amide bonds. The molecule has 0 heterocycles. The molecule has 0 aromatic carbocycles. The summed E-state index contributed by atoms with van der Waals surface area (Å²) in [6, 6.07) is 0. The van der Waals surface area contributed by atoms with E-state index in [1.54, 1.807) is 0 Å². The Morgan fingerprint density at radius 1 is 0.655 bits per heavy atom. The fourth-order valence-electron chi connectivity index (χ4n) is 7.66. The van der Waals surface area contributed by atoms with E-state index in [9.17, 15) is 5.11 Å². The second kappa shape index (κ2) is 11.0. The molecule has 4 bridgehead atoms. The van der Waals surface area contributed by atoms with Gasteiger partial charge in [0.1, 0.15) is 0 Å². The van der Waals surface area contributed by atoms with Crippen molar-refractivity contribution in [2.45, 2.75) is 123 Å². The Labute approximate surface area is 182 Å². The molecule has 0 aromatic heterocycles. The number of aliphatic hydroxyl groups is 1. The van der Waals surface area contributed by atoms with E-state index in [2.05, 4.69) is 20.8 Å². The normalized spacial score (nSPS) is 33.5. The van der Waals surface area contributed by atoms with Gasteiger partial charge in [0, 0.05) is 0 Å². The highest BCUT2D eigenvalue weighted by molar-refractivity contribution is 5.06. The summed E-state index contributed by atoms with van der Waals surface area (Å²) in [7, 11) is 0. The van der Waals surface area contributed by atoms with Crippen molar-refractivity contribution in [2.24, 2.45) is 23.7 Å². The maximum absolute atomic E-state index is 11.7. The number of unbranched alkanes of at least 4 members (excludes halogenated alkanes) is 7. The molecule has 4 fully saturated rings. The van der Waals surface area contributed by atoms with Crippen LogP contribution in [0.3, 0.4) is 0 Å². The van der Waals surface area contributed by atoms with Crippen molar-refractivity contribution in [2.75, 3.05) is 26.2 Å². The molecule has 4 aliphatic rings. The molecular weight excluding hydrogens is 354 g/mol. The van der Waals surface area contributed by atoms with Crippen molar-refractivity contribution in [3.05, 3.63) is 0 Å². The predicted molar refractivity (Wildman–Crippen MR) is 125 cm³/mol. The van der Waals surface area contributed by atoms with Gasteiger partial charge < -0.3 is 9.59 Å². The van der Waals surface area contributed by atoms with E-state index in [1.807, 2.05) is 0 Å². The first kappa shape index (κ1) is 23.6. The van der Waals surface area contributed by atoms with Gasteiger partial charge >= 0.3 is 0 Å². The minimum absolute atomic E-state index is 0.303. The Balaban J connectivity index is 1.38. The van der Waals surface area contributed by atoms with Gasteiger partial charge in [-0.2, -0.15) is 0 Å². The third-order valence-corrected chi connectivity index (χ3v) is 9.59.